The Bertz CT molecular complexity index is 357. The summed E-state index contributed by atoms with van der Waals surface area (Å²) in [7, 11) is 1.61. The van der Waals surface area contributed by atoms with Crippen LogP contribution in [0.4, 0.5) is 0 Å². The maximum atomic E-state index is 11.7. The van der Waals surface area contributed by atoms with Crippen LogP contribution >= 0.6 is 0 Å². The zero-order chi connectivity index (χ0) is 13.4. The van der Waals surface area contributed by atoms with E-state index in [2.05, 4.69) is 15.6 Å². The van der Waals surface area contributed by atoms with E-state index in [-0.39, 0.29) is 18.0 Å². The second-order valence-electron chi connectivity index (χ2n) is 4.15. The first-order valence-corrected chi connectivity index (χ1v) is 6.08. The van der Waals surface area contributed by atoms with E-state index in [9.17, 15) is 4.79 Å². The van der Waals surface area contributed by atoms with Gasteiger partial charge in [-0.3, -0.25) is 15.1 Å². The molecule has 2 atom stereocenters. The van der Waals surface area contributed by atoms with E-state index in [1.165, 1.54) is 0 Å². The molecule has 0 radical (unpaired) electrons. The molecule has 1 rings (SSSR count). The third-order valence-corrected chi connectivity index (χ3v) is 2.63. The molecule has 0 spiro atoms. The molecular weight excluding hydrogens is 230 g/mol. The minimum Gasteiger partial charge on any atom is -0.383 e. The van der Waals surface area contributed by atoms with Gasteiger partial charge in [0.25, 0.3) is 0 Å². The van der Waals surface area contributed by atoms with Crippen LogP contribution in [0.25, 0.3) is 0 Å². The third kappa shape index (κ3) is 4.81. The Morgan fingerprint density at radius 3 is 2.83 bits per heavy atom. The molecular formula is C13H21N3O2. The SMILES string of the molecule is COCCNC(=O)C(C)NC(C)c1ccccn1. The fourth-order valence-corrected chi connectivity index (χ4v) is 1.60. The van der Waals surface area contributed by atoms with E-state index >= 15 is 0 Å². The van der Waals surface area contributed by atoms with Crippen LogP contribution in [-0.4, -0.2) is 37.2 Å². The van der Waals surface area contributed by atoms with Crippen molar-refractivity contribution in [2.24, 2.45) is 0 Å². The van der Waals surface area contributed by atoms with E-state index in [1.807, 2.05) is 32.0 Å². The number of rotatable bonds is 7. The van der Waals surface area contributed by atoms with Gasteiger partial charge in [0.2, 0.25) is 5.91 Å². The van der Waals surface area contributed by atoms with Gasteiger partial charge in [-0.1, -0.05) is 6.07 Å². The Hall–Kier alpha value is -1.46. The van der Waals surface area contributed by atoms with Gasteiger partial charge in [0, 0.05) is 25.9 Å². The number of hydrogen-bond acceptors (Lipinski definition) is 4. The average Bonchev–Trinajstić information content (AvgIpc) is 2.39. The van der Waals surface area contributed by atoms with Crippen LogP contribution in [0.5, 0.6) is 0 Å². The average molecular weight is 251 g/mol. The van der Waals surface area contributed by atoms with Gasteiger partial charge in [-0.2, -0.15) is 0 Å². The van der Waals surface area contributed by atoms with E-state index in [1.54, 1.807) is 13.3 Å². The van der Waals surface area contributed by atoms with E-state index in [0.717, 1.165) is 5.69 Å². The zero-order valence-electron chi connectivity index (χ0n) is 11.1. The number of hydrogen-bond donors (Lipinski definition) is 2. The van der Waals surface area contributed by atoms with Gasteiger partial charge < -0.3 is 10.1 Å². The Labute approximate surface area is 108 Å². The highest BCUT2D eigenvalue weighted by atomic mass is 16.5. The second kappa shape index (κ2) is 7.79. The monoisotopic (exact) mass is 251 g/mol. The highest BCUT2D eigenvalue weighted by molar-refractivity contribution is 5.81. The van der Waals surface area contributed by atoms with E-state index in [0.29, 0.717) is 13.2 Å². The van der Waals surface area contributed by atoms with Gasteiger partial charge in [-0.05, 0) is 26.0 Å². The largest absolute Gasteiger partial charge is 0.383 e. The zero-order valence-corrected chi connectivity index (χ0v) is 11.1. The lowest BCUT2D eigenvalue weighted by Gasteiger charge is -2.19. The van der Waals surface area contributed by atoms with Crippen molar-refractivity contribution < 1.29 is 9.53 Å². The lowest BCUT2D eigenvalue weighted by molar-refractivity contribution is -0.123. The topological polar surface area (TPSA) is 63.2 Å². The second-order valence-corrected chi connectivity index (χ2v) is 4.15. The summed E-state index contributed by atoms with van der Waals surface area (Å²) in [6, 6.07) is 5.52. The predicted octanol–water partition coefficient (Wildman–Crippen LogP) is 0.883. The first-order chi connectivity index (χ1) is 8.65. The van der Waals surface area contributed by atoms with Gasteiger partial charge in [-0.15, -0.1) is 0 Å². The Morgan fingerprint density at radius 1 is 1.44 bits per heavy atom. The number of methoxy groups -OCH3 is 1. The molecule has 100 valence electrons. The minimum absolute atomic E-state index is 0.0326. The number of ether oxygens (including phenoxy) is 1. The molecule has 1 aromatic heterocycles. The number of aromatic nitrogens is 1. The maximum Gasteiger partial charge on any atom is 0.236 e. The van der Waals surface area contributed by atoms with E-state index in [4.69, 9.17) is 4.74 Å². The smallest absolute Gasteiger partial charge is 0.236 e. The molecule has 5 heteroatoms. The number of carbonyl (C=O) groups excluding carboxylic acids is 1. The normalized spacial score (nSPS) is 13.9. The summed E-state index contributed by atoms with van der Waals surface area (Å²) in [5, 5.41) is 6.00. The molecule has 0 bridgehead atoms. The summed E-state index contributed by atoms with van der Waals surface area (Å²) in [5.74, 6) is -0.0326. The van der Waals surface area contributed by atoms with Gasteiger partial charge >= 0.3 is 0 Å². The van der Waals surface area contributed by atoms with Crippen molar-refractivity contribution in [1.82, 2.24) is 15.6 Å². The molecule has 0 saturated carbocycles. The highest BCUT2D eigenvalue weighted by Gasteiger charge is 2.16. The summed E-state index contributed by atoms with van der Waals surface area (Å²) in [5.41, 5.74) is 0.925. The van der Waals surface area contributed by atoms with Crippen LogP contribution in [0.3, 0.4) is 0 Å². The van der Waals surface area contributed by atoms with Crippen LogP contribution in [0.1, 0.15) is 25.6 Å². The van der Waals surface area contributed by atoms with Crippen molar-refractivity contribution in [3.05, 3.63) is 30.1 Å². The van der Waals surface area contributed by atoms with Gasteiger partial charge in [0.1, 0.15) is 0 Å². The van der Waals surface area contributed by atoms with Gasteiger partial charge in [-0.25, -0.2) is 0 Å². The summed E-state index contributed by atoms with van der Waals surface area (Å²) in [6.07, 6.45) is 1.75. The highest BCUT2D eigenvalue weighted by Crippen LogP contribution is 2.08. The minimum atomic E-state index is -0.265. The number of pyridine rings is 1. The first kappa shape index (κ1) is 14.6. The number of nitrogens with one attached hydrogen (secondary N) is 2. The summed E-state index contributed by atoms with van der Waals surface area (Å²) < 4.78 is 4.88. The molecule has 2 unspecified atom stereocenters. The molecule has 18 heavy (non-hydrogen) atoms. The van der Waals surface area contributed by atoms with Crippen LogP contribution in [0.2, 0.25) is 0 Å². The molecule has 0 aromatic carbocycles. The first-order valence-electron chi connectivity index (χ1n) is 6.08. The van der Waals surface area contributed by atoms with Crippen LogP contribution in [0.15, 0.2) is 24.4 Å². The van der Waals surface area contributed by atoms with Crippen LogP contribution < -0.4 is 10.6 Å². The summed E-state index contributed by atoms with van der Waals surface area (Å²) in [4.78, 5) is 16.0. The summed E-state index contributed by atoms with van der Waals surface area (Å²) in [6.45, 7) is 4.87. The quantitative estimate of drug-likeness (QED) is 0.706. The van der Waals surface area contributed by atoms with Crippen molar-refractivity contribution in [3.8, 4) is 0 Å². The number of carbonyl (C=O) groups is 1. The molecule has 1 heterocycles. The molecule has 0 aliphatic carbocycles. The van der Waals surface area contributed by atoms with Gasteiger partial charge in [0.05, 0.1) is 18.3 Å². The van der Waals surface area contributed by atoms with Crippen LogP contribution in [-0.2, 0) is 9.53 Å². The molecule has 1 amide bonds. The molecule has 5 nitrogen and oxygen atoms in total. The van der Waals surface area contributed by atoms with Crippen molar-refractivity contribution in [2.75, 3.05) is 20.3 Å². The third-order valence-electron chi connectivity index (χ3n) is 2.63. The summed E-state index contributed by atoms with van der Waals surface area (Å²) >= 11 is 0. The fourth-order valence-electron chi connectivity index (χ4n) is 1.60. The Kier molecular flexibility index (Phi) is 6.32. The fraction of sp³-hybridized carbons (Fsp3) is 0.538. The number of amides is 1. The molecule has 0 aliphatic heterocycles. The Balaban J connectivity index is 2.39. The standard InChI is InChI=1S/C13H21N3O2/c1-10(12-6-4-5-7-14-12)16-11(2)13(17)15-8-9-18-3/h4-7,10-11,16H,8-9H2,1-3H3,(H,15,17). The van der Waals surface area contributed by atoms with E-state index < -0.39 is 0 Å². The molecule has 0 fully saturated rings. The number of nitrogens with zero attached hydrogens (tertiary/aromatic N) is 1. The lowest BCUT2D eigenvalue weighted by Crippen LogP contribution is -2.44. The maximum absolute atomic E-state index is 11.7. The molecule has 2 N–H and O–H groups in total. The molecule has 0 saturated heterocycles. The van der Waals surface area contributed by atoms with Crippen molar-refractivity contribution in [3.63, 3.8) is 0 Å². The van der Waals surface area contributed by atoms with Crippen molar-refractivity contribution in [1.29, 1.82) is 0 Å². The molecule has 1 aromatic rings. The van der Waals surface area contributed by atoms with Crippen molar-refractivity contribution in [2.45, 2.75) is 25.9 Å². The Morgan fingerprint density at radius 2 is 2.22 bits per heavy atom. The predicted molar refractivity (Wildman–Crippen MR) is 70.1 cm³/mol. The van der Waals surface area contributed by atoms with Crippen molar-refractivity contribution >= 4 is 5.91 Å². The molecule has 0 aliphatic rings. The van der Waals surface area contributed by atoms with Crippen LogP contribution in [0, 0.1) is 0 Å². The lowest BCUT2D eigenvalue weighted by atomic mass is 10.2. The van der Waals surface area contributed by atoms with Gasteiger partial charge in [0.15, 0.2) is 0 Å².